The van der Waals surface area contributed by atoms with Crippen molar-refractivity contribution in [3.63, 3.8) is 0 Å². The van der Waals surface area contributed by atoms with E-state index in [1.807, 2.05) is 6.92 Å². The van der Waals surface area contributed by atoms with Crippen LogP contribution >= 0.6 is 0 Å². The summed E-state index contributed by atoms with van der Waals surface area (Å²) in [6, 6.07) is 8.65. The van der Waals surface area contributed by atoms with Gasteiger partial charge in [-0.1, -0.05) is 43.3 Å². The van der Waals surface area contributed by atoms with E-state index in [0.29, 0.717) is 0 Å². The highest BCUT2D eigenvalue weighted by Gasteiger charge is 2.24. The van der Waals surface area contributed by atoms with Crippen LogP contribution in [0.1, 0.15) is 25.8 Å². The second kappa shape index (κ2) is 5.46. The molecule has 0 aromatic heterocycles. The Morgan fingerprint density at radius 2 is 1.81 bits per heavy atom. The van der Waals surface area contributed by atoms with Crippen LogP contribution in [-0.2, 0) is 4.43 Å². The van der Waals surface area contributed by atoms with E-state index in [4.69, 9.17) is 4.43 Å². The average Bonchev–Trinajstić information content (AvgIpc) is 2.26. The molecule has 0 saturated heterocycles. The topological polar surface area (TPSA) is 9.23 Å². The highest BCUT2D eigenvalue weighted by Crippen LogP contribution is 2.12. The molecular weight excluding hydrogens is 212 g/mol. The SMILES string of the molecule is C=C(C)c1ccc([Si](C)(C)OCCC)cc1. The van der Waals surface area contributed by atoms with Crippen LogP contribution in [0.25, 0.3) is 5.57 Å². The highest BCUT2D eigenvalue weighted by molar-refractivity contribution is 6.84. The Labute approximate surface area is 100 Å². The maximum Gasteiger partial charge on any atom is 0.218 e. The zero-order valence-corrected chi connectivity index (χ0v) is 11.8. The number of benzene rings is 1. The lowest BCUT2D eigenvalue weighted by molar-refractivity contribution is 0.315. The van der Waals surface area contributed by atoms with Gasteiger partial charge in [-0.25, -0.2) is 0 Å². The molecule has 88 valence electrons. The molecule has 0 N–H and O–H groups in total. The molecule has 0 spiro atoms. The zero-order chi connectivity index (χ0) is 12.2. The molecule has 0 unspecified atom stereocenters. The summed E-state index contributed by atoms with van der Waals surface area (Å²) in [7, 11) is -1.69. The van der Waals surface area contributed by atoms with E-state index in [1.54, 1.807) is 0 Å². The third-order valence-electron chi connectivity index (χ3n) is 2.74. The molecule has 0 aliphatic heterocycles. The van der Waals surface area contributed by atoms with Crippen LogP contribution in [-0.4, -0.2) is 14.9 Å². The van der Waals surface area contributed by atoms with Crippen LogP contribution in [0.15, 0.2) is 30.8 Å². The van der Waals surface area contributed by atoms with Gasteiger partial charge in [0, 0.05) is 6.61 Å². The van der Waals surface area contributed by atoms with E-state index in [0.717, 1.165) is 18.6 Å². The number of hydrogen-bond acceptors (Lipinski definition) is 1. The summed E-state index contributed by atoms with van der Waals surface area (Å²) in [6.45, 7) is 13.5. The molecule has 1 aromatic rings. The van der Waals surface area contributed by atoms with Crippen molar-refractivity contribution in [2.75, 3.05) is 6.61 Å². The summed E-state index contributed by atoms with van der Waals surface area (Å²) in [5, 5.41) is 1.35. The van der Waals surface area contributed by atoms with Crippen LogP contribution in [0.4, 0.5) is 0 Å². The van der Waals surface area contributed by atoms with Crippen LogP contribution < -0.4 is 5.19 Å². The molecule has 16 heavy (non-hydrogen) atoms. The Bertz CT molecular complexity index is 352. The Hall–Kier alpha value is -0.863. The molecule has 0 aliphatic carbocycles. The van der Waals surface area contributed by atoms with Gasteiger partial charge >= 0.3 is 0 Å². The van der Waals surface area contributed by atoms with Gasteiger partial charge in [-0.3, -0.25) is 0 Å². The van der Waals surface area contributed by atoms with E-state index >= 15 is 0 Å². The lowest BCUT2D eigenvalue weighted by atomic mass is 10.1. The van der Waals surface area contributed by atoms with Crippen molar-refractivity contribution in [1.82, 2.24) is 0 Å². The molecular formula is C14H22OSi. The largest absolute Gasteiger partial charge is 0.413 e. The maximum atomic E-state index is 5.98. The average molecular weight is 234 g/mol. The first-order valence-corrected chi connectivity index (χ1v) is 8.78. The zero-order valence-electron chi connectivity index (χ0n) is 10.8. The molecule has 0 bridgehead atoms. The first kappa shape index (κ1) is 13.2. The van der Waals surface area contributed by atoms with Crippen LogP contribution in [0, 0.1) is 0 Å². The van der Waals surface area contributed by atoms with Crippen molar-refractivity contribution in [2.45, 2.75) is 33.4 Å². The second-order valence-electron chi connectivity index (χ2n) is 4.72. The first-order chi connectivity index (χ1) is 7.47. The fourth-order valence-electron chi connectivity index (χ4n) is 1.60. The summed E-state index contributed by atoms with van der Waals surface area (Å²) in [6.07, 6.45) is 1.08. The van der Waals surface area contributed by atoms with E-state index in [2.05, 4.69) is 50.9 Å². The highest BCUT2D eigenvalue weighted by atomic mass is 28.4. The summed E-state index contributed by atoms with van der Waals surface area (Å²) in [4.78, 5) is 0. The Morgan fingerprint density at radius 1 is 1.25 bits per heavy atom. The molecule has 0 radical (unpaired) electrons. The summed E-state index contributed by atoms with van der Waals surface area (Å²) in [5.41, 5.74) is 2.32. The van der Waals surface area contributed by atoms with Gasteiger partial charge in [-0.2, -0.15) is 0 Å². The Kier molecular flexibility index (Phi) is 4.51. The van der Waals surface area contributed by atoms with Gasteiger partial charge in [0.15, 0.2) is 0 Å². The maximum absolute atomic E-state index is 5.98. The smallest absolute Gasteiger partial charge is 0.218 e. The molecule has 0 fully saturated rings. The minimum Gasteiger partial charge on any atom is -0.413 e. The number of hydrogen-bond donors (Lipinski definition) is 0. The molecule has 1 nitrogen and oxygen atoms in total. The standard InChI is InChI=1S/C14H22OSi/c1-6-11-15-16(4,5)14-9-7-13(8-10-14)12(2)3/h7-10H,2,6,11H2,1,3-5H3. The van der Waals surface area contributed by atoms with Crippen molar-refractivity contribution in [1.29, 1.82) is 0 Å². The fourth-order valence-corrected chi connectivity index (χ4v) is 3.45. The van der Waals surface area contributed by atoms with Gasteiger partial charge in [-0.15, -0.1) is 0 Å². The van der Waals surface area contributed by atoms with Crippen LogP contribution in [0.2, 0.25) is 13.1 Å². The predicted molar refractivity (Wildman–Crippen MR) is 74.5 cm³/mol. The van der Waals surface area contributed by atoms with Crippen molar-refractivity contribution in [3.05, 3.63) is 36.4 Å². The predicted octanol–water partition coefficient (Wildman–Crippen LogP) is 3.56. The third kappa shape index (κ3) is 3.32. The monoisotopic (exact) mass is 234 g/mol. The Morgan fingerprint density at radius 3 is 2.25 bits per heavy atom. The van der Waals surface area contributed by atoms with Crippen molar-refractivity contribution in [2.24, 2.45) is 0 Å². The summed E-state index contributed by atoms with van der Waals surface area (Å²) >= 11 is 0. The van der Waals surface area contributed by atoms with E-state index in [9.17, 15) is 0 Å². The summed E-state index contributed by atoms with van der Waals surface area (Å²) < 4.78 is 5.98. The lowest BCUT2D eigenvalue weighted by Crippen LogP contribution is -2.44. The molecule has 0 atom stereocenters. The minimum atomic E-state index is -1.69. The van der Waals surface area contributed by atoms with Crippen LogP contribution in [0.5, 0.6) is 0 Å². The molecule has 0 heterocycles. The number of allylic oxidation sites excluding steroid dienone is 1. The first-order valence-electron chi connectivity index (χ1n) is 5.87. The lowest BCUT2D eigenvalue weighted by Gasteiger charge is -2.23. The summed E-state index contributed by atoms with van der Waals surface area (Å²) in [5.74, 6) is 0. The normalized spacial score (nSPS) is 11.5. The van der Waals surface area contributed by atoms with E-state index < -0.39 is 8.32 Å². The van der Waals surface area contributed by atoms with E-state index in [1.165, 1.54) is 10.8 Å². The Balaban J connectivity index is 2.83. The molecule has 2 heteroatoms. The molecule has 0 amide bonds. The molecule has 0 aliphatic rings. The van der Waals surface area contributed by atoms with Crippen molar-refractivity contribution < 1.29 is 4.43 Å². The molecule has 0 saturated carbocycles. The minimum absolute atomic E-state index is 0.863. The van der Waals surface area contributed by atoms with E-state index in [-0.39, 0.29) is 0 Å². The molecule has 1 aromatic carbocycles. The second-order valence-corrected chi connectivity index (χ2v) is 8.60. The molecule has 1 rings (SSSR count). The van der Waals surface area contributed by atoms with Crippen molar-refractivity contribution >= 4 is 19.1 Å². The van der Waals surface area contributed by atoms with Gasteiger partial charge in [0.05, 0.1) is 0 Å². The quantitative estimate of drug-likeness (QED) is 0.708. The van der Waals surface area contributed by atoms with Crippen LogP contribution in [0.3, 0.4) is 0 Å². The van der Waals surface area contributed by atoms with Gasteiger partial charge in [0.2, 0.25) is 8.32 Å². The van der Waals surface area contributed by atoms with Gasteiger partial charge < -0.3 is 4.43 Å². The van der Waals surface area contributed by atoms with Gasteiger partial charge in [0.25, 0.3) is 0 Å². The van der Waals surface area contributed by atoms with Gasteiger partial charge in [-0.05, 0) is 37.2 Å². The number of rotatable bonds is 5. The van der Waals surface area contributed by atoms with Gasteiger partial charge in [0.1, 0.15) is 0 Å². The van der Waals surface area contributed by atoms with Crippen molar-refractivity contribution in [3.8, 4) is 0 Å². The third-order valence-corrected chi connectivity index (χ3v) is 5.39. The fraction of sp³-hybridized carbons (Fsp3) is 0.429.